The van der Waals surface area contributed by atoms with E-state index >= 15 is 0 Å². The third-order valence-electron chi connectivity index (χ3n) is 4.64. The molecule has 2 aliphatic heterocycles. The van der Waals surface area contributed by atoms with E-state index in [1.165, 1.54) is 48.8 Å². The molecule has 0 bridgehead atoms. The first-order valence-corrected chi connectivity index (χ1v) is 9.48. The second-order valence-corrected chi connectivity index (χ2v) is 7.39. The van der Waals surface area contributed by atoms with E-state index in [9.17, 15) is 0 Å². The fourth-order valence-corrected chi connectivity index (χ4v) is 4.30. The number of hydrogen-bond acceptors (Lipinski definition) is 4. The predicted molar refractivity (Wildman–Crippen MR) is 96.7 cm³/mol. The smallest absolute Gasteiger partial charge is 0.159 e. The van der Waals surface area contributed by atoms with Gasteiger partial charge in [-0.25, -0.2) is 0 Å². The Hall–Kier alpha value is -1.000. The molecule has 0 aliphatic carbocycles. The van der Waals surface area contributed by atoms with Crippen LogP contribution in [0.2, 0.25) is 0 Å². The third-order valence-corrected chi connectivity index (χ3v) is 5.75. The minimum Gasteiger partial charge on any atom is -0.348 e. The summed E-state index contributed by atoms with van der Waals surface area (Å²) in [5.74, 6) is 1.23. The number of piperidine rings is 1. The van der Waals surface area contributed by atoms with Crippen LogP contribution in [0.1, 0.15) is 24.8 Å². The molecule has 2 heterocycles. The van der Waals surface area contributed by atoms with Crippen LogP contribution in [0.3, 0.4) is 0 Å². The van der Waals surface area contributed by atoms with Gasteiger partial charge >= 0.3 is 0 Å². The Bertz CT molecular complexity index is 480. The van der Waals surface area contributed by atoms with Gasteiger partial charge in [-0.3, -0.25) is 4.99 Å². The van der Waals surface area contributed by atoms with Gasteiger partial charge in [0.2, 0.25) is 0 Å². The van der Waals surface area contributed by atoms with Crippen LogP contribution in [0.25, 0.3) is 0 Å². The van der Waals surface area contributed by atoms with Gasteiger partial charge in [0.05, 0.1) is 0 Å². The van der Waals surface area contributed by atoms with Gasteiger partial charge in [-0.15, -0.1) is 0 Å². The van der Waals surface area contributed by atoms with Crippen molar-refractivity contribution in [2.75, 3.05) is 39.0 Å². The van der Waals surface area contributed by atoms with Crippen molar-refractivity contribution in [1.29, 1.82) is 0 Å². The Morgan fingerprint density at radius 3 is 2.68 bits per heavy atom. The molecule has 22 heavy (non-hydrogen) atoms. The highest BCUT2D eigenvalue weighted by Gasteiger charge is 2.26. The quantitative estimate of drug-likeness (QED) is 0.850. The lowest BCUT2D eigenvalue weighted by Crippen LogP contribution is -2.47. The van der Waals surface area contributed by atoms with Gasteiger partial charge in [0.15, 0.2) is 5.17 Å². The number of likely N-dealkylation sites (tertiary alicyclic amines) is 1. The molecule has 1 aromatic carbocycles. The summed E-state index contributed by atoms with van der Waals surface area (Å²) in [6, 6.07) is 11.5. The predicted octanol–water partition coefficient (Wildman–Crippen LogP) is 3.12. The van der Waals surface area contributed by atoms with E-state index in [0.29, 0.717) is 6.04 Å². The third kappa shape index (κ3) is 4.26. The van der Waals surface area contributed by atoms with Crippen molar-refractivity contribution in [2.24, 2.45) is 4.99 Å². The van der Waals surface area contributed by atoms with Crippen molar-refractivity contribution in [3.05, 3.63) is 35.9 Å². The average Bonchev–Trinajstić information content (AvgIpc) is 2.58. The van der Waals surface area contributed by atoms with Crippen LogP contribution in [0.5, 0.6) is 0 Å². The molecule has 4 heteroatoms. The number of thioether (sulfide) groups is 1. The van der Waals surface area contributed by atoms with Crippen LogP contribution >= 0.6 is 11.8 Å². The highest BCUT2D eigenvalue weighted by atomic mass is 32.2. The molecule has 1 aromatic rings. The maximum atomic E-state index is 4.83. The summed E-state index contributed by atoms with van der Waals surface area (Å²) in [6.07, 6.45) is 4.89. The molecule has 0 unspecified atom stereocenters. The summed E-state index contributed by atoms with van der Waals surface area (Å²) in [6.45, 7) is 4.54. The number of hydrogen-bond donors (Lipinski definition) is 0. The van der Waals surface area contributed by atoms with Crippen LogP contribution in [0.4, 0.5) is 0 Å². The number of benzene rings is 1. The minimum atomic E-state index is 0.671. The first-order valence-electron chi connectivity index (χ1n) is 8.49. The van der Waals surface area contributed by atoms with Gasteiger partial charge in [-0.2, -0.15) is 0 Å². The summed E-state index contributed by atoms with van der Waals surface area (Å²) in [4.78, 5) is 9.89. The molecule has 1 saturated heterocycles. The Labute approximate surface area is 138 Å². The van der Waals surface area contributed by atoms with Crippen LogP contribution in [0, 0.1) is 0 Å². The van der Waals surface area contributed by atoms with Gasteiger partial charge in [0, 0.05) is 24.9 Å². The van der Waals surface area contributed by atoms with Crippen molar-refractivity contribution >= 4 is 16.9 Å². The van der Waals surface area contributed by atoms with Crippen LogP contribution in [-0.4, -0.2) is 60.0 Å². The van der Waals surface area contributed by atoms with E-state index in [-0.39, 0.29) is 0 Å². The molecule has 0 amide bonds. The van der Waals surface area contributed by atoms with Crippen LogP contribution in [-0.2, 0) is 6.42 Å². The molecule has 3 rings (SSSR count). The summed E-state index contributed by atoms with van der Waals surface area (Å²) in [5.41, 5.74) is 1.43. The highest BCUT2D eigenvalue weighted by molar-refractivity contribution is 8.13. The summed E-state index contributed by atoms with van der Waals surface area (Å²) in [5, 5.41) is 1.30. The average molecular weight is 318 g/mol. The zero-order chi connectivity index (χ0) is 15.2. The molecule has 0 aromatic heterocycles. The van der Waals surface area contributed by atoms with Gasteiger partial charge in [0.1, 0.15) is 0 Å². The Morgan fingerprint density at radius 1 is 1.23 bits per heavy atom. The molecule has 0 saturated carbocycles. The van der Waals surface area contributed by atoms with Crippen LogP contribution in [0.15, 0.2) is 35.3 Å². The summed E-state index contributed by atoms with van der Waals surface area (Å²) < 4.78 is 0. The molecular weight excluding hydrogens is 290 g/mol. The Balaban J connectivity index is 1.67. The molecule has 0 radical (unpaired) electrons. The molecular formula is C18H27N3S. The second-order valence-electron chi connectivity index (χ2n) is 6.33. The van der Waals surface area contributed by atoms with Gasteiger partial charge in [0.25, 0.3) is 0 Å². The fourth-order valence-electron chi connectivity index (χ4n) is 3.26. The van der Waals surface area contributed by atoms with Crippen molar-refractivity contribution in [1.82, 2.24) is 9.80 Å². The highest BCUT2D eigenvalue weighted by Crippen LogP contribution is 2.23. The molecule has 120 valence electrons. The fraction of sp³-hybridized carbons (Fsp3) is 0.611. The SMILES string of the molecule is CN1CCC(N(CCc2ccccc2)C2=NCCCS2)CC1. The molecule has 3 nitrogen and oxygen atoms in total. The van der Waals surface area contributed by atoms with E-state index in [0.717, 1.165) is 19.5 Å². The standard InChI is InChI=1S/C18H27N3S/c1-20-12-9-17(10-13-20)21(18-19-11-5-15-22-18)14-8-16-6-3-2-4-7-16/h2-4,6-7,17H,5,8-15H2,1H3. The normalized spacial score (nSPS) is 20.7. The second kappa shape index (κ2) is 8.02. The topological polar surface area (TPSA) is 18.8 Å². The van der Waals surface area contributed by atoms with Crippen LogP contribution < -0.4 is 0 Å². The minimum absolute atomic E-state index is 0.671. The van der Waals surface area contributed by atoms with E-state index in [1.54, 1.807) is 0 Å². The van der Waals surface area contributed by atoms with Crippen molar-refractivity contribution in [3.63, 3.8) is 0 Å². The maximum absolute atomic E-state index is 4.83. The van der Waals surface area contributed by atoms with Crippen molar-refractivity contribution < 1.29 is 0 Å². The Morgan fingerprint density at radius 2 is 2.00 bits per heavy atom. The number of aliphatic imine (C=N–C) groups is 1. The molecule has 0 N–H and O–H groups in total. The first-order chi connectivity index (χ1) is 10.8. The summed E-state index contributed by atoms with van der Waals surface area (Å²) >= 11 is 1.96. The zero-order valence-electron chi connectivity index (χ0n) is 13.6. The van der Waals surface area contributed by atoms with Crippen molar-refractivity contribution in [2.45, 2.75) is 31.7 Å². The van der Waals surface area contributed by atoms with E-state index in [2.05, 4.69) is 47.2 Å². The zero-order valence-corrected chi connectivity index (χ0v) is 14.4. The molecule has 2 aliphatic rings. The first kappa shape index (κ1) is 15.9. The van der Waals surface area contributed by atoms with E-state index in [4.69, 9.17) is 4.99 Å². The molecule has 0 spiro atoms. The van der Waals surface area contributed by atoms with Crippen molar-refractivity contribution in [3.8, 4) is 0 Å². The lowest BCUT2D eigenvalue weighted by Gasteiger charge is -2.39. The van der Waals surface area contributed by atoms with Gasteiger partial charge < -0.3 is 9.80 Å². The van der Waals surface area contributed by atoms with Gasteiger partial charge in [-0.05, 0) is 51.4 Å². The lowest BCUT2D eigenvalue weighted by molar-refractivity contribution is 0.178. The van der Waals surface area contributed by atoms with E-state index in [1.807, 2.05) is 11.8 Å². The Kier molecular flexibility index (Phi) is 5.79. The molecule has 1 fully saturated rings. The number of rotatable bonds is 4. The monoisotopic (exact) mass is 317 g/mol. The lowest BCUT2D eigenvalue weighted by atomic mass is 10.0. The number of nitrogens with zero attached hydrogens (tertiary/aromatic N) is 3. The largest absolute Gasteiger partial charge is 0.348 e. The van der Waals surface area contributed by atoms with E-state index < -0.39 is 0 Å². The maximum Gasteiger partial charge on any atom is 0.159 e. The van der Waals surface area contributed by atoms with Gasteiger partial charge in [-0.1, -0.05) is 42.1 Å². The number of amidine groups is 1. The summed E-state index contributed by atoms with van der Waals surface area (Å²) in [7, 11) is 2.23. The molecule has 0 atom stereocenters.